The summed E-state index contributed by atoms with van der Waals surface area (Å²) in [5.74, 6) is -0.329. The minimum Gasteiger partial charge on any atom is -0.294 e. The molecule has 0 saturated carbocycles. The average molecular weight is 362 g/mol. The molecule has 1 atom stereocenters. The van der Waals surface area contributed by atoms with E-state index in [1.165, 1.54) is 0 Å². The second kappa shape index (κ2) is 9.04. The van der Waals surface area contributed by atoms with Gasteiger partial charge in [0.05, 0.1) is 0 Å². The molecule has 0 saturated heterocycles. The summed E-state index contributed by atoms with van der Waals surface area (Å²) in [5.41, 5.74) is 3.64. The summed E-state index contributed by atoms with van der Waals surface area (Å²) in [6, 6.07) is 26.7. The summed E-state index contributed by atoms with van der Waals surface area (Å²) >= 11 is 0. The molecule has 0 aliphatic heterocycles. The van der Waals surface area contributed by atoms with Crippen molar-refractivity contribution in [1.29, 1.82) is 0 Å². The normalized spacial score (nSPS) is 11.6. The molecule has 0 amide bonds. The van der Waals surface area contributed by atoms with Crippen molar-refractivity contribution in [3.63, 3.8) is 0 Å². The van der Waals surface area contributed by atoms with Gasteiger partial charge in [0.15, 0.2) is 5.78 Å². The van der Waals surface area contributed by atoms with Gasteiger partial charge in [-0.3, -0.25) is 4.79 Å². The molecule has 0 N–H and O–H groups in total. The van der Waals surface area contributed by atoms with Crippen molar-refractivity contribution in [2.24, 2.45) is 0 Å². The van der Waals surface area contributed by atoms with Gasteiger partial charge in [0.25, 0.3) is 6.08 Å². The first kappa shape index (κ1) is 18.7. The van der Waals surface area contributed by atoms with Crippen LogP contribution in [0.4, 0.5) is 8.78 Å². The van der Waals surface area contributed by atoms with E-state index in [9.17, 15) is 13.6 Å². The maximum atomic E-state index is 12.6. The number of hydrogen-bond donors (Lipinski definition) is 0. The molecule has 0 aliphatic rings. The standard InChI is InChI=1S/C24H20F2O/c25-24(26)16-15-22(17-23(27)21-9-5-2-6-10-21)20-13-11-19(12-14-20)18-7-3-1-4-8-18/h1-14,16,22H,15,17H2/t22-/m1/s1. The molecular formula is C24H20F2O. The van der Waals surface area contributed by atoms with E-state index < -0.39 is 6.08 Å². The van der Waals surface area contributed by atoms with E-state index >= 15 is 0 Å². The van der Waals surface area contributed by atoms with Crippen molar-refractivity contribution in [2.45, 2.75) is 18.8 Å². The van der Waals surface area contributed by atoms with Crippen LogP contribution in [-0.2, 0) is 0 Å². The van der Waals surface area contributed by atoms with Crippen molar-refractivity contribution in [3.05, 3.63) is 108 Å². The van der Waals surface area contributed by atoms with Crippen molar-refractivity contribution >= 4 is 5.78 Å². The summed E-state index contributed by atoms with van der Waals surface area (Å²) in [5, 5.41) is 0. The SMILES string of the molecule is O=C(C[C@@H](CC=C(F)F)c1ccc(-c2ccccc2)cc1)c1ccccc1. The molecule has 0 aromatic heterocycles. The molecule has 0 spiro atoms. The lowest BCUT2D eigenvalue weighted by Gasteiger charge is -2.16. The molecule has 3 aromatic carbocycles. The number of hydrogen-bond acceptors (Lipinski definition) is 1. The fraction of sp³-hybridized carbons (Fsp3) is 0.125. The highest BCUT2D eigenvalue weighted by Gasteiger charge is 2.17. The van der Waals surface area contributed by atoms with Crippen LogP contribution >= 0.6 is 0 Å². The monoisotopic (exact) mass is 362 g/mol. The second-order valence-electron chi connectivity index (χ2n) is 6.41. The molecular weight excluding hydrogens is 342 g/mol. The molecule has 0 heterocycles. The number of allylic oxidation sites excluding steroid dienone is 1. The number of ketones is 1. The fourth-order valence-electron chi connectivity index (χ4n) is 3.11. The fourth-order valence-corrected chi connectivity index (χ4v) is 3.11. The minimum absolute atomic E-state index is 0.0413. The van der Waals surface area contributed by atoms with E-state index in [4.69, 9.17) is 0 Å². The van der Waals surface area contributed by atoms with Crippen LogP contribution in [0.2, 0.25) is 0 Å². The van der Waals surface area contributed by atoms with Crippen LogP contribution in [0.3, 0.4) is 0 Å². The molecule has 0 aliphatic carbocycles. The number of carbonyl (C=O) groups excluding carboxylic acids is 1. The Hall–Kier alpha value is -3.07. The third-order valence-electron chi connectivity index (χ3n) is 4.57. The summed E-state index contributed by atoms with van der Waals surface area (Å²) in [7, 11) is 0. The number of Topliss-reactive ketones (excluding diaryl/α,β-unsaturated/α-hetero) is 1. The van der Waals surface area contributed by atoms with E-state index in [2.05, 4.69) is 0 Å². The molecule has 0 bridgehead atoms. The summed E-state index contributed by atoms with van der Waals surface area (Å²) in [6.45, 7) is 0. The zero-order valence-electron chi connectivity index (χ0n) is 14.8. The number of benzene rings is 3. The Bertz CT molecular complexity index is 896. The molecule has 1 nitrogen and oxygen atoms in total. The quantitative estimate of drug-likeness (QED) is 0.419. The van der Waals surface area contributed by atoms with Gasteiger partial charge in [-0.1, -0.05) is 84.9 Å². The van der Waals surface area contributed by atoms with Crippen LogP contribution in [0, 0.1) is 0 Å². The molecule has 136 valence electrons. The van der Waals surface area contributed by atoms with Crippen molar-refractivity contribution in [3.8, 4) is 11.1 Å². The summed E-state index contributed by atoms with van der Waals surface area (Å²) in [6.07, 6.45) is -0.494. The smallest absolute Gasteiger partial charge is 0.266 e. The predicted octanol–water partition coefficient (Wildman–Crippen LogP) is 6.88. The molecule has 0 fully saturated rings. The van der Waals surface area contributed by atoms with E-state index in [0.717, 1.165) is 22.8 Å². The topological polar surface area (TPSA) is 17.1 Å². The Kier molecular flexibility index (Phi) is 6.26. The molecule has 3 aromatic rings. The van der Waals surface area contributed by atoms with Crippen LogP contribution in [0.25, 0.3) is 11.1 Å². The van der Waals surface area contributed by atoms with Crippen molar-refractivity contribution in [2.75, 3.05) is 0 Å². The predicted molar refractivity (Wildman–Crippen MR) is 105 cm³/mol. The van der Waals surface area contributed by atoms with E-state index in [-0.39, 0.29) is 24.5 Å². The largest absolute Gasteiger partial charge is 0.294 e. The van der Waals surface area contributed by atoms with E-state index in [0.29, 0.717) is 5.56 Å². The highest BCUT2D eigenvalue weighted by molar-refractivity contribution is 5.96. The van der Waals surface area contributed by atoms with Gasteiger partial charge in [0.2, 0.25) is 0 Å². The van der Waals surface area contributed by atoms with Crippen LogP contribution in [0.1, 0.15) is 34.7 Å². The van der Waals surface area contributed by atoms with Crippen molar-refractivity contribution < 1.29 is 13.6 Å². The second-order valence-corrected chi connectivity index (χ2v) is 6.41. The van der Waals surface area contributed by atoms with Gasteiger partial charge < -0.3 is 0 Å². The summed E-state index contributed by atoms with van der Waals surface area (Å²) < 4.78 is 25.3. The number of rotatable bonds is 7. The van der Waals surface area contributed by atoms with E-state index in [1.54, 1.807) is 24.3 Å². The van der Waals surface area contributed by atoms with Crippen LogP contribution < -0.4 is 0 Å². The molecule has 0 unspecified atom stereocenters. The van der Waals surface area contributed by atoms with Crippen LogP contribution in [0.15, 0.2) is 97.1 Å². The highest BCUT2D eigenvalue weighted by atomic mass is 19.3. The highest BCUT2D eigenvalue weighted by Crippen LogP contribution is 2.29. The Morgan fingerprint density at radius 3 is 1.93 bits per heavy atom. The zero-order valence-corrected chi connectivity index (χ0v) is 14.8. The maximum absolute atomic E-state index is 12.6. The lowest BCUT2D eigenvalue weighted by atomic mass is 9.88. The lowest BCUT2D eigenvalue weighted by molar-refractivity contribution is 0.0973. The minimum atomic E-state index is -1.71. The molecule has 0 radical (unpaired) electrons. The van der Waals surface area contributed by atoms with Gasteiger partial charge in [-0.05, 0) is 35.1 Å². The third kappa shape index (κ3) is 5.20. The molecule has 3 heteroatoms. The third-order valence-corrected chi connectivity index (χ3v) is 4.57. The first-order chi connectivity index (χ1) is 13.1. The average Bonchev–Trinajstić information content (AvgIpc) is 2.72. The van der Waals surface area contributed by atoms with Gasteiger partial charge in [-0.25, -0.2) is 0 Å². The van der Waals surface area contributed by atoms with Gasteiger partial charge in [-0.2, -0.15) is 8.78 Å². The Morgan fingerprint density at radius 2 is 1.33 bits per heavy atom. The molecule has 27 heavy (non-hydrogen) atoms. The Morgan fingerprint density at radius 1 is 0.778 bits per heavy atom. The Balaban J connectivity index is 1.82. The number of halogens is 2. The van der Waals surface area contributed by atoms with Gasteiger partial charge in [0, 0.05) is 12.0 Å². The van der Waals surface area contributed by atoms with Gasteiger partial charge in [0.1, 0.15) is 0 Å². The van der Waals surface area contributed by atoms with Gasteiger partial charge >= 0.3 is 0 Å². The Labute approximate surface area is 158 Å². The summed E-state index contributed by atoms with van der Waals surface area (Å²) in [4.78, 5) is 12.6. The first-order valence-corrected chi connectivity index (χ1v) is 8.88. The van der Waals surface area contributed by atoms with Crippen molar-refractivity contribution in [1.82, 2.24) is 0 Å². The first-order valence-electron chi connectivity index (χ1n) is 8.88. The van der Waals surface area contributed by atoms with E-state index in [1.807, 2.05) is 60.7 Å². The van der Waals surface area contributed by atoms with Gasteiger partial charge in [-0.15, -0.1) is 0 Å². The zero-order chi connectivity index (χ0) is 19.1. The van der Waals surface area contributed by atoms with Crippen LogP contribution in [-0.4, -0.2) is 5.78 Å². The maximum Gasteiger partial charge on any atom is 0.266 e. The number of carbonyl (C=O) groups is 1. The van der Waals surface area contributed by atoms with Crippen LogP contribution in [0.5, 0.6) is 0 Å². The lowest BCUT2D eigenvalue weighted by Crippen LogP contribution is -2.07. The molecule has 3 rings (SSSR count).